The average molecular weight is 209 g/mol. The molecule has 4 N–H and O–H groups in total. The van der Waals surface area contributed by atoms with Crippen molar-refractivity contribution in [3.8, 4) is 0 Å². The lowest BCUT2D eigenvalue weighted by Gasteiger charge is -2.22. The van der Waals surface area contributed by atoms with Gasteiger partial charge in [0.1, 0.15) is 5.66 Å². The molecule has 1 amide bonds. The fourth-order valence-electron chi connectivity index (χ4n) is 1.41. The summed E-state index contributed by atoms with van der Waals surface area (Å²) in [6.45, 7) is 3.56. The second-order valence-electron chi connectivity index (χ2n) is 3.01. The molecule has 78 valence electrons. The van der Waals surface area contributed by atoms with Crippen molar-refractivity contribution in [2.24, 2.45) is 11.7 Å². The molecular formula is C7H16NO4P. The number of carbonyl (C=O) groups is 1. The Balaban J connectivity index is 4.80. The van der Waals surface area contributed by atoms with Crippen LogP contribution in [-0.4, -0.2) is 21.4 Å². The van der Waals surface area contributed by atoms with Gasteiger partial charge in [0.05, 0.1) is 0 Å². The van der Waals surface area contributed by atoms with Gasteiger partial charge in [-0.3, -0.25) is 9.36 Å². The van der Waals surface area contributed by atoms with Gasteiger partial charge in [0, 0.05) is 0 Å². The lowest BCUT2D eigenvalue weighted by atomic mass is 9.99. The van der Waals surface area contributed by atoms with Crippen LogP contribution in [0.1, 0.15) is 26.7 Å². The Morgan fingerprint density at radius 2 is 1.77 bits per heavy atom. The summed E-state index contributed by atoms with van der Waals surface area (Å²) >= 11 is 0. The summed E-state index contributed by atoms with van der Waals surface area (Å²) in [7, 11) is -4.40. The third-order valence-corrected chi connectivity index (χ3v) is 3.55. The summed E-state index contributed by atoms with van der Waals surface area (Å²) in [4.78, 5) is 28.6. The molecule has 0 heterocycles. The molecule has 0 aromatic carbocycles. The Morgan fingerprint density at radius 3 is 1.85 bits per heavy atom. The number of rotatable bonds is 5. The first-order chi connectivity index (χ1) is 5.84. The van der Waals surface area contributed by atoms with Crippen LogP contribution in [0.4, 0.5) is 0 Å². The van der Waals surface area contributed by atoms with Gasteiger partial charge in [-0.05, 0) is 5.92 Å². The zero-order chi connectivity index (χ0) is 10.6. The zero-order valence-electron chi connectivity index (χ0n) is 7.80. The molecule has 6 heteroatoms. The van der Waals surface area contributed by atoms with Gasteiger partial charge in [0.15, 0.2) is 0 Å². The monoisotopic (exact) mass is 209 g/mol. The van der Waals surface area contributed by atoms with Gasteiger partial charge in [-0.1, -0.05) is 26.7 Å². The van der Waals surface area contributed by atoms with E-state index in [0.29, 0.717) is 12.8 Å². The van der Waals surface area contributed by atoms with Crippen LogP contribution in [-0.2, 0) is 9.36 Å². The fraction of sp³-hybridized carbons (Fsp3) is 0.857. The first kappa shape index (κ1) is 12.6. The molecule has 13 heavy (non-hydrogen) atoms. The maximum absolute atomic E-state index is 10.9. The van der Waals surface area contributed by atoms with E-state index in [4.69, 9.17) is 15.5 Å². The van der Waals surface area contributed by atoms with E-state index in [0.717, 1.165) is 0 Å². The molecule has 0 bridgehead atoms. The van der Waals surface area contributed by atoms with Crippen molar-refractivity contribution in [2.75, 3.05) is 0 Å². The van der Waals surface area contributed by atoms with Gasteiger partial charge >= 0.3 is 7.60 Å². The van der Waals surface area contributed by atoms with Crippen LogP contribution in [0.5, 0.6) is 0 Å². The fourth-order valence-corrected chi connectivity index (χ4v) is 2.71. The van der Waals surface area contributed by atoms with E-state index in [2.05, 4.69) is 0 Å². The Hall–Kier alpha value is -0.380. The highest BCUT2D eigenvalue weighted by molar-refractivity contribution is 7.53. The summed E-state index contributed by atoms with van der Waals surface area (Å²) in [5.41, 5.74) is 3.61. The maximum atomic E-state index is 10.9. The van der Waals surface area contributed by atoms with E-state index in [1.54, 1.807) is 13.8 Å². The summed E-state index contributed by atoms with van der Waals surface area (Å²) < 4.78 is 10.9. The SMILES string of the molecule is CCC(CC)C(C(N)=O)P(=O)(O)O. The highest BCUT2D eigenvalue weighted by atomic mass is 31.2. The van der Waals surface area contributed by atoms with Crippen molar-refractivity contribution in [1.82, 2.24) is 0 Å². The minimum Gasteiger partial charge on any atom is -0.369 e. The van der Waals surface area contributed by atoms with Gasteiger partial charge in [-0.2, -0.15) is 0 Å². The van der Waals surface area contributed by atoms with Crippen LogP contribution in [0, 0.1) is 5.92 Å². The van der Waals surface area contributed by atoms with Gasteiger partial charge in [0.25, 0.3) is 0 Å². The molecule has 0 fully saturated rings. The third kappa shape index (κ3) is 3.46. The van der Waals surface area contributed by atoms with Gasteiger partial charge in [0.2, 0.25) is 5.91 Å². The quantitative estimate of drug-likeness (QED) is 0.572. The van der Waals surface area contributed by atoms with Crippen molar-refractivity contribution < 1.29 is 19.1 Å². The van der Waals surface area contributed by atoms with E-state index < -0.39 is 19.2 Å². The van der Waals surface area contributed by atoms with Crippen molar-refractivity contribution in [2.45, 2.75) is 32.3 Å². The maximum Gasteiger partial charge on any atom is 0.338 e. The smallest absolute Gasteiger partial charge is 0.338 e. The zero-order valence-corrected chi connectivity index (χ0v) is 8.70. The highest BCUT2D eigenvalue weighted by Crippen LogP contribution is 2.46. The van der Waals surface area contributed by atoms with Gasteiger partial charge in [-0.25, -0.2) is 0 Å². The standard InChI is InChI=1S/C7H16NO4P/c1-3-5(4-2)6(7(8)9)13(10,11)12/h5-6H,3-4H2,1-2H3,(H2,8,9)(H2,10,11,12). The minimum atomic E-state index is -4.40. The molecule has 0 spiro atoms. The molecule has 0 aromatic rings. The molecule has 0 aliphatic carbocycles. The van der Waals surface area contributed by atoms with Gasteiger partial charge in [-0.15, -0.1) is 0 Å². The lowest BCUT2D eigenvalue weighted by molar-refractivity contribution is -0.118. The molecule has 0 saturated heterocycles. The molecule has 0 rings (SSSR count). The van der Waals surface area contributed by atoms with E-state index in [1.165, 1.54) is 0 Å². The van der Waals surface area contributed by atoms with Crippen LogP contribution < -0.4 is 5.73 Å². The third-order valence-electron chi connectivity index (χ3n) is 2.15. The largest absolute Gasteiger partial charge is 0.369 e. The Kier molecular flexibility index (Phi) is 4.61. The van der Waals surface area contributed by atoms with E-state index in [1.807, 2.05) is 0 Å². The summed E-state index contributed by atoms with van der Waals surface area (Å²) in [6.07, 6.45) is 1.07. The van der Waals surface area contributed by atoms with Crippen LogP contribution in [0.25, 0.3) is 0 Å². The Labute approximate surface area is 77.5 Å². The molecule has 5 nitrogen and oxygen atoms in total. The number of carbonyl (C=O) groups excluding carboxylic acids is 1. The molecule has 0 radical (unpaired) electrons. The van der Waals surface area contributed by atoms with Crippen molar-refractivity contribution in [3.05, 3.63) is 0 Å². The number of hydrogen-bond acceptors (Lipinski definition) is 2. The first-order valence-electron chi connectivity index (χ1n) is 4.19. The average Bonchev–Trinajstić information content (AvgIpc) is 1.96. The molecule has 0 aliphatic rings. The van der Waals surface area contributed by atoms with Crippen LogP contribution in [0.2, 0.25) is 0 Å². The van der Waals surface area contributed by atoms with E-state index >= 15 is 0 Å². The van der Waals surface area contributed by atoms with Crippen molar-refractivity contribution in [3.63, 3.8) is 0 Å². The van der Waals surface area contributed by atoms with Crippen molar-refractivity contribution >= 4 is 13.5 Å². The molecule has 0 saturated carbocycles. The van der Waals surface area contributed by atoms with Crippen molar-refractivity contribution in [1.29, 1.82) is 0 Å². The number of amides is 1. The molecule has 1 unspecified atom stereocenters. The normalized spacial score (nSPS) is 14.5. The summed E-state index contributed by atoms with van der Waals surface area (Å²) in [5.74, 6) is -1.25. The molecule has 1 atom stereocenters. The number of nitrogens with two attached hydrogens (primary N) is 1. The second-order valence-corrected chi connectivity index (χ2v) is 4.75. The summed E-state index contributed by atoms with van der Waals surface area (Å²) in [5, 5.41) is 0. The number of hydrogen-bond donors (Lipinski definition) is 3. The molecular weight excluding hydrogens is 193 g/mol. The van der Waals surface area contributed by atoms with Crippen LogP contribution in [0.15, 0.2) is 0 Å². The predicted molar refractivity (Wildman–Crippen MR) is 49.1 cm³/mol. The molecule has 0 aliphatic heterocycles. The highest BCUT2D eigenvalue weighted by Gasteiger charge is 2.38. The second kappa shape index (κ2) is 4.74. The number of primary amides is 1. The Bertz CT molecular complexity index is 221. The van der Waals surface area contributed by atoms with E-state index in [-0.39, 0.29) is 5.92 Å². The Morgan fingerprint density at radius 1 is 1.38 bits per heavy atom. The van der Waals surface area contributed by atoms with Crippen LogP contribution in [0.3, 0.4) is 0 Å². The predicted octanol–water partition coefficient (Wildman–Crippen LogP) is 0.454. The van der Waals surface area contributed by atoms with Gasteiger partial charge < -0.3 is 15.5 Å². The van der Waals surface area contributed by atoms with E-state index in [9.17, 15) is 9.36 Å². The lowest BCUT2D eigenvalue weighted by Crippen LogP contribution is -2.34. The minimum absolute atomic E-state index is 0.335. The van der Waals surface area contributed by atoms with Crippen LogP contribution >= 0.6 is 7.60 Å². The molecule has 0 aromatic heterocycles. The summed E-state index contributed by atoms with van der Waals surface area (Å²) in [6, 6.07) is 0. The first-order valence-corrected chi connectivity index (χ1v) is 5.87. The topological polar surface area (TPSA) is 101 Å².